The summed E-state index contributed by atoms with van der Waals surface area (Å²) in [5, 5.41) is 1.48. The molecule has 0 radical (unpaired) electrons. The van der Waals surface area contributed by atoms with Crippen LogP contribution in [0.25, 0.3) is 0 Å². The van der Waals surface area contributed by atoms with Gasteiger partial charge in [0, 0.05) is 5.66 Å². The van der Waals surface area contributed by atoms with Crippen LogP contribution >= 0.6 is 17.2 Å². The van der Waals surface area contributed by atoms with Crippen molar-refractivity contribution in [1.29, 1.82) is 0 Å². The van der Waals surface area contributed by atoms with E-state index in [0.717, 1.165) is 0 Å². The van der Waals surface area contributed by atoms with Crippen molar-refractivity contribution in [1.82, 2.24) is 0 Å². The third-order valence-electron chi connectivity index (χ3n) is 3.59. The van der Waals surface area contributed by atoms with Gasteiger partial charge in [-0.3, -0.25) is 0 Å². The van der Waals surface area contributed by atoms with Crippen molar-refractivity contribution in [3.63, 3.8) is 0 Å². The molecule has 0 saturated carbocycles. The molecule has 0 aliphatic heterocycles. The van der Waals surface area contributed by atoms with Crippen molar-refractivity contribution in [3.05, 3.63) is 102 Å². The number of rotatable bonds is 3. The molecule has 0 aliphatic rings. The number of benzene rings is 3. The van der Waals surface area contributed by atoms with Crippen LogP contribution < -0.4 is 5.30 Å². The summed E-state index contributed by atoms with van der Waals surface area (Å²) < 4.78 is 0. The second kappa shape index (κ2) is 9.61. The molecular formula is C21H24P2. The third-order valence-corrected chi connectivity index (χ3v) is 5.69. The summed E-state index contributed by atoms with van der Waals surface area (Å²) in [5.41, 5.74) is 3.07. The highest BCUT2D eigenvalue weighted by Gasteiger charge is 2.06. The topological polar surface area (TPSA) is 0 Å². The van der Waals surface area contributed by atoms with Gasteiger partial charge in [-0.2, -0.15) is 0 Å². The van der Waals surface area contributed by atoms with Crippen LogP contribution in [0.3, 0.4) is 0 Å². The van der Waals surface area contributed by atoms with Crippen LogP contribution in [0.4, 0.5) is 0 Å². The van der Waals surface area contributed by atoms with Gasteiger partial charge in [0.25, 0.3) is 0 Å². The summed E-state index contributed by atoms with van der Waals surface area (Å²) in [5.74, 6) is 0. The molecule has 1 atom stereocenters. The molecule has 0 amide bonds. The normalized spacial score (nSPS) is 10.3. The van der Waals surface area contributed by atoms with E-state index >= 15 is 0 Å². The Morgan fingerprint density at radius 1 is 0.609 bits per heavy atom. The van der Waals surface area contributed by atoms with E-state index in [1.54, 1.807) is 0 Å². The molecule has 0 N–H and O–H groups in total. The lowest BCUT2D eigenvalue weighted by Gasteiger charge is -2.11. The van der Waals surface area contributed by atoms with E-state index in [0.29, 0.717) is 5.66 Å². The Morgan fingerprint density at radius 3 is 1.26 bits per heavy atom. The predicted molar refractivity (Wildman–Crippen MR) is 109 cm³/mol. The maximum atomic E-state index is 2.89. The fourth-order valence-electron chi connectivity index (χ4n) is 2.24. The highest BCUT2D eigenvalue weighted by Crippen LogP contribution is 2.30. The molecule has 3 rings (SSSR count). The molecule has 3 aromatic carbocycles. The Hall–Kier alpha value is -1.48. The van der Waals surface area contributed by atoms with E-state index in [1.807, 2.05) is 12.1 Å². The molecule has 0 aromatic heterocycles. The zero-order valence-corrected chi connectivity index (χ0v) is 15.8. The first-order valence-electron chi connectivity index (χ1n) is 7.76. The van der Waals surface area contributed by atoms with Crippen LogP contribution in [0.1, 0.15) is 16.8 Å². The Bertz CT molecular complexity index is 624. The molecule has 0 saturated heterocycles. The summed E-state index contributed by atoms with van der Waals surface area (Å²) >= 11 is 0. The van der Waals surface area contributed by atoms with Gasteiger partial charge in [0.15, 0.2) is 0 Å². The van der Waals surface area contributed by atoms with E-state index in [4.69, 9.17) is 0 Å². The van der Waals surface area contributed by atoms with Crippen molar-refractivity contribution in [3.8, 4) is 0 Å². The van der Waals surface area contributed by atoms with Gasteiger partial charge in [-0.1, -0.05) is 98.9 Å². The van der Waals surface area contributed by atoms with Crippen LogP contribution in [0.2, 0.25) is 0 Å². The summed E-state index contributed by atoms with van der Waals surface area (Å²) in [4.78, 5) is 0. The van der Waals surface area contributed by atoms with Gasteiger partial charge in [-0.15, -0.1) is 9.24 Å². The summed E-state index contributed by atoms with van der Waals surface area (Å²) in [6.07, 6.45) is 0. The highest BCUT2D eigenvalue weighted by molar-refractivity contribution is 7.64. The Balaban J connectivity index is 0.000000185. The second-order valence-corrected chi connectivity index (χ2v) is 8.50. The van der Waals surface area contributed by atoms with Crippen molar-refractivity contribution in [2.24, 2.45) is 0 Å². The van der Waals surface area contributed by atoms with Crippen LogP contribution in [-0.2, 0) is 0 Å². The molecule has 0 heterocycles. The summed E-state index contributed by atoms with van der Waals surface area (Å²) in [7, 11) is 2.99. The van der Waals surface area contributed by atoms with Crippen LogP contribution in [0, 0.1) is 0 Å². The minimum absolute atomic E-state index is 0.104. The van der Waals surface area contributed by atoms with Gasteiger partial charge in [0.05, 0.1) is 0 Å². The number of hydrogen-bond donors (Lipinski definition) is 0. The standard InChI is InChI=1S/C13H13P.C8H11P/c14-13(11-7-3-1-4-8-11)12-9-5-2-6-10-12;1-9(2)8-6-4-3-5-7-8/h1-10,13H,14H2;3-7H,1-2H3. The highest BCUT2D eigenvalue weighted by atomic mass is 31.1. The van der Waals surface area contributed by atoms with Gasteiger partial charge in [-0.05, 0) is 29.8 Å². The minimum atomic E-state index is 0.104. The molecule has 3 aromatic rings. The maximum Gasteiger partial charge on any atom is 0.0234 e. The smallest absolute Gasteiger partial charge is 0.0234 e. The summed E-state index contributed by atoms with van der Waals surface area (Å²) in [6, 6.07) is 31.7. The van der Waals surface area contributed by atoms with Crippen molar-refractivity contribution in [2.75, 3.05) is 13.3 Å². The molecule has 0 bridgehead atoms. The first-order chi connectivity index (χ1) is 11.2. The fourth-order valence-corrected chi connectivity index (χ4v) is 3.45. The van der Waals surface area contributed by atoms with Crippen LogP contribution in [0.15, 0.2) is 91.0 Å². The first-order valence-corrected chi connectivity index (χ1v) is 10.7. The molecule has 23 heavy (non-hydrogen) atoms. The van der Waals surface area contributed by atoms with E-state index in [1.165, 1.54) is 16.4 Å². The van der Waals surface area contributed by atoms with Gasteiger partial charge in [0.2, 0.25) is 0 Å². The lowest BCUT2D eigenvalue weighted by molar-refractivity contribution is 1.16. The molecule has 1 unspecified atom stereocenters. The molecule has 0 fully saturated rings. The van der Waals surface area contributed by atoms with Crippen molar-refractivity contribution in [2.45, 2.75) is 5.66 Å². The second-order valence-electron chi connectivity index (χ2n) is 5.53. The van der Waals surface area contributed by atoms with Crippen molar-refractivity contribution >= 4 is 22.5 Å². The number of hydrogen-bond acceptors (Lipinski definition) is 0. The zero-order valence-electron chi connectivity index (χ0n) is 13.8. The Labute approximate surface area is 143 Å². The van der Waals surface area contributed by atoms with E-state index in [2.05, 4.69) is 101 Å². The SMILES string of the molecule is CP(C)c1ccccc1.PC(c1ccccc1)c1ccccc1. The van der Waals surface area contributed by atoms with Gasteiger partial charge in [0.1, 0.15) is 0 Å². The monoisotopic (exact) mass is 338 g/mol. The molecule has 0 aliphatic carbocycles. The minimum Gasteiger partial charge on any atom is -0.125 e. The predicted octanol–water partition coefficient (Wildman–Crippen LogP) is 5.70. The van der Waals surface area contributed by atoms with E-state index in [-0.39, 0.29) is 7.92 Å². The van der Waals surface area contributed by atoms with Gasteiger partial charge < -0.3 is 0 Å². The summed E-state index contributed by atoms with van der Waals surface area (Å²) in [6.45, 7) is 4.54. The molecule has 0 spiro atoms. The largest absolute Gasteiger partial charge is 0.125 e. The van der Waals surface area contributed by atoms with Crippen LogP contribution in [-0.4, -0.2) is 13.3 Å². The molecule has 0 nitrogen and oxygen atoms in total. The van der Waals surface area contributed by atoms with Gasteiger partial charge in [-0.25, -0.2) is 0 Å². The van der Waals surface area contributed by atoms with Gasteiger partial charge >= 0.3 is 0 Å². The lowest BCUT2D eigenvalue weighted by Crippen LogP contribution is -1.95. The van der Waals surface area contributed by atoms with E-state index < -0.39 is 0 Å². The maximum absolute atomic E-state index is 2.89. The Morgan fingerprint density at radius 2 is 0.957 bits per heavy atom. The molecular weight excluding hydrogens is 314 g/mol. The molecule has 2 heteroatoms. The molecule has 118 valence electrons. The van der Waals surface area contributed by atoms with E-state index in [9.17, 15) is 0 Å². The Kier molecular flexibility index (Phi) is 7.47. The zero-order chi connectivity index (χ0) is 16.5. The van der Waals surface area contributed by atoms with Crippen molar-refractivity contribution < 1.29 is 0 Å². The average molecular weight is 338 g/mol. The quantitative estimate of drug-likeness (QED) is 0.537. The first kappa shape index (κ1) is 17.9. The van der Waals surface area contributed by atoms with Crippen LogP contribution in [0.5, 0.6) is 0 Å². The average Bonchev–Trinajstić information content (AvgIpc) is 2.64. The fraction of sp³-hybridized carbons (Fsp3) is 0.143. The lowest BCUT2D eigenvalue weighted by atomic mass is 10.0. The third kappa shape index (κ3) is 5.91.